The highest BCUT2D eigenvalue weighted by Crippen LogP contribution is 2.38. The van der Waals surface area contributed by atoms with E-state index in [-0.39, 0.29) is 11.3 Å². The number of nitro benzene ring substituents is 1. The zero-order chi connectivity index (χ0) is 21.1. The fourth-order valence-electron chi connectivity index (χ4n) is 2.52. The molecule has 0 radical (unpaired) electrons. The average molecular weight is 448 g/mol. The number of aromatic nitrogens is 1. The van der Waals surface area contributed by atoms with Gasteiger partial charge in [0.15, 0.2) is 5.75 Å². The minimum absolute atomic E-state index is 0.0736. The Bertz CT molecular complexity index is 1180. The van der Waals surface area contributed by atoms with Crippen LogP contribution in [0, 0.1) is 21.4 Å². The van der Waals surface area contributed by atoms with Crippen molar-refractivity contribution in [2.75, 3.05) is 7.11 Å². The first-order valence-electron chi connectivity index (χ1n) is 7.92. The molecular weight excluding hydrogens is 437 g/mol. The second kappa shape index (κ2) is 8.49. The molecular formula is C19H11Cl2N3O4S. The van der Waals surface area contributed by atoms with E-state index >= 15 is 0 Å². The third-order valence-electron chi connectivity index (χ3n) is 3.87. The summed E-state index contributed by atoms with van der Waals surface area (Å²) in [5.74, 6) is -0.655. The molecule has 0 aliphatic heterocycles. The Labute approximate surface area is 179 Å². The van der Waals surface area contributed by atoms with Crippen molar-refractivity contribution in [3.8, 4) is 28.8 Å². The van der Waals surface area contributed by atoms with Gasteiger partial charge in [0.1, 0.15) is 11.1 Å². The molecule has 0 aliphatic carbocycles. The van der Waals surface area contributed by atoms with E-state index in [0.29, 0.717) is 31.9 Å². The van der Waals surface area contributed by atoms with E-state index in [1.54, 1.807) is 23.6 Å². The number of benzene rings is 2. The molecule has 10 heteroatoms. The number of phenolic OH excluding ortho intramolecular Hbond substituents is 1. The van der Waals surface area contributed by atoms with E-state index in [1.165, 1.54) is 30.6 Å². The van der Waals surface area contributed by atoms with Gasteiger partial charge in [0, 0.05) is 22.0 Å². The van der Waals surface area contributed by atoms with E-state index in [1.807, 2.05) is 6.07 Å². The summed E-state index contributed by atoms with van der Waals surface area (Å²) >= 11 is 13.3. The third kappa shape index (κ3) is 4.32. The van der Waals surface area contributed by atoms with Crippen molar-refractivity contribution < 1.29 is 14.8 Å². The molecule has 0 amide bonds. The topological polar surface area (TPSA) is 109 Å². The molecule has 3 aromatic rings. The zero-order valence-electron chi connectivity index (χ0n) is 14.7. The van der Waals surface area contributed by atoms with Crippen molar-refractivity contribution in [3.05, 3.63) is 66.4 Å². The van der Waals surface area contributed by atoms with E-state index in [2.05, 4.69) is 4.98 Å². The second-order valence-electron chi connectivity index (χ2n) is 5.68. The van der Waals surface area contributed by atoms with Gasteiger partial charge in [-0.2, -0.15) is 5.26 Å². The first-order valence-corrected chi connectivity index (χ1v) is 9.56. The summed E-state index contributed by atoms with van der Waals surface area (Å²) in [5.41, 5.74) is 1.21. The number of halogens is 2. The highest BCUT2D eigenvalue weighted by Gasteiger charge is 2.20. The van der Waals surface area contributed by atoms with Crippen LogP contribution in [0.4, 0.5) is 5.69 Å². The fraction of sp³-hybridized carbons (Fsp3) is 0.0526. The summed E-state index contributed by atoms with van der Waals surface area (Å²) in [4.78, 5) is 14.9. The highest BCUT2D eigenvalue weighted by molar-refractivity contribution is 7.11. The molecule has 0 fully saturated rings. The zero-order valence-corrected chi connectivity index (χ0v) is 17.0. The maximum Gasteiger partial charge on any atom is 0.315 e. The van der Waals surface area contributed by atoms with Crippen molar-refractivity contribution in [3.63, 3.8) is 0 Å². The molecule has 2 aromatic carbocycles. The molecule has 3 rings (SSSR count). The summed E-state index contributed by atoms with van der Waals surface area (Å²) in [7, 11) is 1.28. The number of hydrogen-bond donors (Lipinski definition) is 1. The van der Waals surface area contributed by atoms with Crippen molar-refractivity contribution >= 4 is 51.9 Å². The molecule has 0 bridgehead atoms. The number of allylic oxidation sites excluding steroid dienone is 1. The van der Waals surface area contributed by atoms with Gasteiger partial charge < -0.3 is 9.84 Å². The lowest BCUT2D eigenvalue weighted by atomic mass is 10.1. The smallest absolute Gasteiger partial charge is 0.315 e. The average Bonchev–Trinajstić information content (AvgIpc) is 3.16. The third-order valence-corrected chi connectivity index (χ3v) is 5.29. The Balaban J connectivity index is 2.04. The molecule has 0 spiro atoms. The van der Waals surface area contributed by atoms with E-state index in [0.717, 1.165) is 6.07 Å². The Morgan fingerprint density at radius 2 is 2.14 bits per heavy atom. The predicted octanol–water partition coefficient (Wildman–Crippen LogP) is 5.80. The number of rotatable bonds is 5. The first-order chi connectivity index (χ1) is 13.8. The van der Waals surface area contributed by atoms with Gasteiger partial charge in [-0.05, 0) is 35.9 Å². The molecule has 1 heterocycles. The predicted molar refractivity (Wildman–Crippen MR) is 112 cm³/mol. The van der Waals surface area contributed by atoms with Crippen LogP contribution in [-0.4, -0.2) is 22.1 Å². The van der Waals surface area contributed by atoms with Gasteiger partial charge in [-0.3, -0.25) is 10.1 Å². The quantitative estimate of drug-likeness (QED) is 0.300. The summed E-state index contributed by atoms with van der Waals surface area (Å²) in [5, 5.41) is 33.7. The molecule has 0 saturated heterocycles. The number of ether oxygens (including phenoxy) is 1. The van der Waals surface area contributed by atoms with Gasteiger partial charge in [0.2, 0.25) is 5.75 Å². The number of nitrogens with zero attached hydrogens (tertiary/aromatic N) is 3. The lowest BCUT2D eigenvalue weighted by molar-refractivity contribution is -0.386. The normalized spacial score (nSPS) is 11.2. The molecule has 0 unspecified atom stereocenters. The van der Waals surface area contributed by atoms with E-state index in [4.69, 9.17) is 27.9 Å². The number of thiazole rings is 1. The van der Waals surface area contributed by atoms with Crippen LogP contribution in [0.15, 0.2) is 35.7 Å². The van der Waals surface area contributed by atoms with Crippen molar-refractivity contribution in [1.29, 1.82) is 5.26 Å². The van der Waals surface area contributed by atoms with Gasteiger partial charge >= 0.3 is 5.69 Å². The second-order valence-corrected chi connectivity index (χ2v) is 7.38. The standard InChI is InChI=1S/C19H11Cl2N3O4S/c1-28-17-6-10(5-16(18(17)25)24(26)27)4-11(8-22)19-23-15(9-29-19)13-3-2-12(20)7-14(13)21/h2-7,9,25H,1H3/b11-4+. The largest absolute Gasteiger partial charge is 0.500 e. The maximum atomic E-state index is 11.2. The molecule has 1 N–H and O–H groups in total. The lowest BCUT2D eigenvalue weighted by Crippen LogP contribution is -1.93. The fourth-order valence-corrected chi connectivity index (χ4v) is 3.81. The van der Waals surface area contributed by atoms with Crippen molar-refractivity contribution in [1.82, 2.24) is 4.98 Å². The summed E-state index contributed by atoms with van der Waals surface area (Å²) < 4.78 is 4.98. The van der Waals surface area contributed by atoms with Crippen LogP contribution in [0.2, 0.25) is 10.0 Å². The van der Waals surface area contributed by atoms with Crippen LogP contribution in [0.5, 0.6) is 11.5 Å². The number of aromatic hydroxyl groups is 1. The van der Waals surface area contributed by atoms with Gasteiger partial charge in [-0.1, -0.05) is 23.2 Å². The van der Waals surface area contributed by atoms with Gasteiger partial charge in [0.25, 0.3) is 0 Å². The minimum atomic E-state index is -0.731. The Kier molecular flexibility index (Phi) is 6.03. The van der Waals surface area contributed by atoms with Crippen molar-refractivity contribution in [2.45, 2.75) is 0 Å². The number of nitro groups is 1. The van der Waals surface area contributed by atoms with Gasteiger partial charge in [-0.25, -0.2) is 4.98 Å². The number of phenols is 1. The Hall–Kier alpha value is -3.12. The molecule has 0 saturated carbocycles. The van der Waals surface area contributed by atoms with Crippen LogP contribution in [-0.2, 0) is 0 Å². The monoisotopic (exact) mass is 447 g/mol. The van der Waals surface area contributed by atoms with Crippen LogP contribution in [0.3, 0.4) is 0 Å². The van der Waals surface area contributed by atoms with Gasteiger partial charge in [-0.15, -0.1) is 11.3 Å². The minimum Gasteiger partial charge on any atom is -0.500 e. The Morgan fingerprint density at radius 1 is 1.38 bits per heavy atom. The molecule has 7 nitrogen and oxygen atoms in total. The Morgan fingerprint density at radius 3 is 2.76 bits per heavy atom. The number of methoxy groups -OCH3 is 1. The summed E-state index contributed by atoms with van der Waals surface area (Å²) in [6.45, 7) is 0. The number of nitriles is 1. The van der Waals surface area contributed by atoms with E-state index < -0.39 is 16.4 Å². The van der Waals surface area contributed by atoms with Gasteiger partial charge in [0.05, 0.1) is 28.3 Å². The lowest BCUT2D eigenvalue weighted by Gasteiger charge is -2.05. The summed E-state index contributed by atoms with van der Waals surface area (Å²) in [6, 6.07) is 9.60. The molecule has 0 aliphatic rings. The van der Waals surface area contributed by atoms with Crippen LogP contribution < -0.4 is 4.74 Å². The van der Waals surface area contributed by atoms with Crippen molar-refractivity contribution in [2.24, 2.45) is 0 Å². The highest BCUT2D eigenvalue weighted by atomic mass is 35.5. The maximum absolute atomic E-state index is 11.2. The first kappa shape index (κ1) is 20.6. The summed E-state index contributed by atoms with van der Waals surface area (Å²) in [6.07, 6.45) is 1.43. The molecule has 29 heavy (non-hydrogen) atoms. The molecule has 1 aromatic heterocycles. The molecule has 146 valence electrons. The molecule has 0 atom stereocenters. The van der Waals surface area contributed by atoms with Crippen LogP contribution in [0.1, 0.15) is 10.6 Å². The SMILES string of the molecule is COc1cc(/C=C(\C#N)c2nc(-c3ccc(Cl)cc3Cl)cs2)cc([N+](=O)[O-])c1O. The number of hydrogen-bond acceptors (Lipinski definition) is 7. The van der Waals surface area contributed by atoms with Crippen LogP contribution >= 0.6 is 34.5 Å². The van der Waals surface area contributed by atoms with Crippen LogP contribution in [0.25, 0.3) is 22.9 Å². The van der Waals surface area contributed by atoms with E-state index in [9.17, 15) is 20.5 Å².